The summed E-state index contributed by atoms with van der Waals surface area (Å²) in [6.07, 6.45) is 2.21. The smallest absolute Gasteiger partial charge is 0.272 e. The molecule has 0 saturated carbocycles. The van der Waals surface area contributed by atoms with E-state index in [1.165, 1.54) is 11.8 Å². The average molecular weight is 659 g/mol. The van der Waals surface area contributed by atoms with E-state index in [9.17, 15) is 14.4 Å². The van der Waals surface area contributed by atoms with Crippen LogP contribution in [0, 0.1) is 0 Å². The number of thioether (sulfide) groups is 1. The predicted octanol–water partition coefficient (Wildman–Crippen LogP) is 7.77. The van der Waals surface area contributed by atoms with Crippen molar-refractivity contribution in [3.05, 3.63) is 124 Å². The molecule has 0 heterocycles. The molecule has 43 heavy (non-hydrogen) atoms. The number of rotatable bonds is 12. The van der Waals surface area contributed by atoms with Crippen LogP contribution in [0.1, 0.15) is 36.2 Å². The number of hydrogen-bond donors (Lipinski definition) is 3. The van der Waals surface area contributed by atoms with Crippen LogP contribution in [-0.2, 0) is 9.59 Å². The fourth-order valence-electron chi connectivity index (χ4n) is 4.10. The van der Waals surface area contributed by atoms with Gasteiger partial charge >= 0.3 is 0 Å². The van der Waals surface area contributed by atoms with Crippen LogP contribution >= 0.6 is 27.7 Å². The Morgan fingerprint density at radius 2 is 1.60 bits per heavy atom. The molecule has 0 bridgehead atoms. The van der Waals surface area contributed by atoms with Gasteiger partial charge in [-0.05, 0) is 79.6 Å². The third kappa shape index (κ3) is 9.33. The molecule has 4 aromatic carbocycles. The molecule has 0 radical (unpaired) electrons. The predicted molar refractivity (Wildman–Crippen MR) is 177 cm³/mol. The van der Waals surface area contributed by atoms with E-state index in [-0.39, 0.29) is 16.9 Å². The molecule has 0 aliphatic heterocycles. The van der Waals surface area contributed by atoms with Gasteiger partial charge in [0, 0.05) is 20.6 Å². The van der Waals surface area contributed by atoms with Crippen LogP contribution in [0.2, 0.25) is 0 Å². The largest absolute Gasteiger partial charge is 0.492 e. The van der Waals surface area contributed by atoms with E-state index in [1.807, 2.05) is 86.6 Å². The molecule has 0 aromatic heterocycles. The lowest BCUT2D eigenvalue weighted by molar-refractivity contribution is -0.116. The number of benzene rings is 4. The molecule has 9 heteroatoms. The van der Waals surface area contributed by atoms with Gasteiger partial charge < -0.3 is 20.7 Å². The summed E-state index contributed by atoms with van der Waals surface area (Å²) in [5.41, 5.74) is 2.41. The zero-order chi connectivity index (χ0) is 30.6. The highest BCUT2D eigenvalue weighted by Crippen LogP contribution is 2.30. The van der Waals surface area contributed by atoms with E-state index in [4.69, 9.17) is 4.74 Å². The van der Waals surface area contributed by atoms with Gasteiger partial charge in [-0.2, -0.15) is 0 Å². The standard InChI is InChI=1S/C34H32BrN3O4S/c1-3-31(34(41)37-28-18-8-9-19-30(28)42-4-2)43-27-17-11-16-26(22-27)36-33(40)29(21-23-12-10-15-25(35)20-23)38-32(39)24-13-6-5-7-14-24/h5-22,31H,3-4H2,1-2H3,(H,36,40)(H,37,41)(H,38,39)/b29-21+. The number of nitrogens with one attached hydrogen (secondary N) is 3. The fourth-order valence-corrected chi connectivity index (χ4v) is 5.53. The van der Waals surface area contributed by atoms with Gasteiger partial charge in [-0.3, -0.25) is 14.4 Å². The average Bonchev–Trinajstić information content (AvgIpc) is 3.01. The van der Waals surface area contributed by atoms with Crippen molar-refractivity contribution in [2.45, 2.75) is 30.4 Å². The summed E-state index contributed by atoms with van der Waals surface area (Å²) in [7, 11) is 0. The number of anilines is 2. The van der Waals surface area contributed by atoms with E-state index in [1.54, 1.807) is 36.4 Å². The number of hydrogen-bond acceptors (Lipinski definition) is 5. The number of para-hydroxylation sites is 2. The zero-order valence-electron chi connectivity index (χ0n) is 23.8. The second-order valence-corrected chi connectivity index (χ2v) is 11.5. The van der Waals surface area contributed by atoms with E-state index >= 15 is 0 Å². The van der Waals surface area contributed by atoms with Crippen LogP contribution in [0.25, 0.3) is 6.08 Å². The molecule has 4 rings (SSSR count). The third-order valence-corrected chi connectivity index (χ3v) is 8.02. The first-order valence-electron chi connectivity index (χ1n) is 13.8. The molecular formula is C34H32BrN3O4S. The molecular weight excluding hydrogens is 626 g/mol. The third-order valence-electron chi connectivity index (χ3n) is 6.17. The second-order valence-electron chi connectivity index (χ2n) is 9.35. The summed E-state index contributed by atoms with van der Waals surface area (Å²) in [6, 6.07) is 30.7. The minimum Gasteiger partial charge on any atom is -0.492 e. The first-order chi connectivity index (χ1) is 20.9. The molecule has 0 aliphatic carbocycles. The first-order valence-corrected chi connectivity index (χ1v) is 15.5. The van der Waals surface area contributed by atoms with Crippen LogP contribution in [0.4, 0.5) is 11.4 Å². The van der Waals surface area contributed by atoms with E-state index in [2.05, 4.69) is 31.9 Å². The highest BCUT2D eigenvalue weighted by molar-refractivity contribution is 9.10. The molecule has 1 atom stereocenters. The minimum absolute atomic E-state index is 0.0868. The molecule has 0 aliphatic rings. The monoisotopic (exact) mass is 657 g/mol. The van der Waals surface area contributed by atoms with Crippen molar-refractivity contribution in [3.8, 4) is 5.75 Å². The number of carbonyl (C=O) groups is 3. The topological polar surface area (TPSA) is 96.5 Å². The van der Waals surface area contributed by atoms with Crippen LogP contribution < -0.4 is 20.7 Å². The number of amides is 3. The van der Waals surface area contributed by atoms with Gasteiger partial charge in [-0.1, -0.05) is 71.4 Å². The van der Waals surface area contributed by atoms with Gasteiger partial charge in [0.25, 0.3) is 11.8 Å². The molecule has 0 spiro atoms. The highest BCUT2D eigenvalue weighted by Gasteiger charge is 2.20. The summed E-state index contributed by atoms with van der Waals surface area (Å²) in [4.78, 5) is 40.4. The molecule has 3 N–H and O–H groups in total. The van der Waals surface area contributed by atoms with Gasteiger partial charge in [-0.15, -0.1) is 11.8 Å². The molecule has 7 nitrogen and oxygen atoms in total. The van der Waals surface area contributed by atoms with Crippen LogP contribution in [0.15, 0.2) is 118 Å². The van der Waals surface area contributed by atoms with Crippen molar-refractivity contribution >= 4 is 62.9 Å². The summed E-state index contributed by atoms with van der Waals surface area (Å²) in [5, 5.41) is 8.25. The lowest BCUT2D eigenvalue weighted by Gasteiger charge is -2.17. The lowest BCUT2D eigenvalue weighted by Crippen LogP contribution is -2.30. The Morgan fingerprint density at radius 3 is 2.35 bits per heavy atom. The zero-order valence-corrected chi connectivity index (χ0v) is 26.2. The normalized spacial score (nSPS) is 11.7. The van der Waals surface area contributed by atoms with Crippen molar-refractivity contribution in [1.82, 2.24) is 5.32 Å². The van der Waals surface area contributed by atoms with Crippen molar-refractivity contribution in [3.63, 3.8) is 0 Å². The van der Waals surface area contributed by atoms with Crippen LogP contribution in [-0.4, -0.2) is 29.6 Å². The van der Waals surface area contributed by atoms with Crippen molar-refractivity contribution in [1.29, 1.82) is 0 Å². The van der Waals surface area contributed by atoms with Gasteiger partial charge in [0.2, 0.25) is 5.91 Å². The Morgan fingerprint density at radius 1 is 0.860 bits per heavy atom. The van der Waals surface area contributed by atoms with Crippen LogP contribution in [0.5, 0.6) is 5.75 Å². The van der Waals surface area contributed by atoms with E-state index in [0.29, 0.717) is 35.7 Å². The van der Waals surface area contributed by atoms with E-state index in [0.717, 1.165) is 14.9 Å². The first kappa shape index (κ1) is 31.6. The minimum atomic E-state index is -0.483. The number of halogens is 1. The SMILES string of the molecule is CCOc1ccccc1NC(=O)C(CC)Sc1cccc(NC(=O)/C(=C\c2cccc(Br)c2)NC(=O)c2ccccc2)c1. The molecule has 4 aromatic rings. The number of ether oxygens (including phenoxy) is 1. The number of carbonyl (C=O) groups excluding carboxylic acids is 3. The summed E-state index contributed by atoms with van der Waals surface area (Å²) in [5.74, 6) is -0.404. The quantitative estimate of drug-likeness (QED) is 0.107. The van der Waals surface area contributed by atoms with E-state index < -0.39 is 11.8 Å². The maximum absolute atomic E-state index is 13.5. The Labute approximate surface area is 264 Å². The van der Waals surface area contributed by atoms with Crippen molar-refractivity contribution in [2.75, 3.05) is 17.2 Å². The lowest BCUT2D eigenvalue weighted by atomic mass is 10.1. The Hall–Kier alpha value is -4.34. The Bertz CT molecular complexity index is 1610. The molecule has 1 unspecified atom stereocenters. The Balaban J connectivity index is 1.50. The van der Waals surface area contributed by atoms with Gasteiger partial charge in [0.1, 0.15) is 11.4 Å². The Kier molecular flexibility index (Phi) is 11.6. The van der Waals surface area contributed by atoms with Crippen LogP contribution in [0.3, 0.4) is 0 Å². The van der Waals surface area contributed by atoms with Crippen molar-refractivity contribution < 1.29 is 19.1 Å². The van der Waals surface area contributed by atoms with Gasteiger partial charge in [0.05, 0.1) is 17.5 Å². The summed E-state index contributed by atoms with van der Waals surface area (Å²) >= 11 is 4.85. The highest BCUT2D eigenvalue weighted by atomic mass is 79.9. The summed E-state index contributed by atoms with van der Waals surface area (Å²) < 4.78 is 6.48. The molecule has 0 saturated heterocycles. The van der Waals surface area contributed by atoms with Crippen molar-refractivity contribution in [2.24, 2.45) is 0 Å². The van der Waals surface area contributed by atoms with Gasteiger partial charge in [0.15, 0.2) is 0 Å². The molecule has 3 amide bonds. The second kappa shape index (κ2) is 15.8. The maximum Gasteiger partial charge on any atom is 0.272 e. The maximum atomic E-state index is 13.5. The molecule has 220 valence electrons. The van der Waals surface area contributed by atoms with Gasteiger partial charge in [-0.25, -0.2) is 0 Å². The summed E-state index contributed by atoms with van der Waals surface area (Å²) in [6.45, 7) is 4.34. The molecule has 0 fully saturated rings. The fraction of sp³-hybridized carbons (Fsp3) is 0.147.